The van der Waals surface area contributed by atoms with E-state index in [2.05, 4.69) is 0 Å². The molecule has 0 saturated heterocycles. The van der Waals surface area contributed by atoms with Crippen molar-refractivity contribution >= 4 is 11.6 Å². The van der Waals surface area contributed by atoms with Gasteiger partial charge in [0.15, 0.2) is 0 Å². The van der Waals surface area contributed by atoms with E-state index < -0.39 is 11.7 Å². The van der Waals surface area contributed by atoms with Gasteiger partial charge in [0.05, 0.1) is 10.6 Å². The molecule has 0 unspecified atom stereocenters. The largest absolute Gasteiger partial charge is 0.487 e. The number of halogens is 4. The summed E-state index contributed by atoms with van der Waals surface area (Å²) in [5, 5.41) is 0.386. The van der Waals surface area contributed by atoms with Gasteiger partial charge in [-0.1, -0.05) is 41.9 Å². The monoisotopic (exact) mass is 378 g/mol. The molecule has 0 spiro atoms. The van der Waals surface area contributed by atoms with E-state index >= 15 is 0 Å². The molecule has 0 aliphatic heterocycles. The molecule has 0 aromatic heterocycles. The van der Waals surface area contributed by atoms with Gasteiger partial charge in [0.2, 0.25) is 0 Å². The van der Waals surface area contributed by atoms with E-state index in [1.165, 1.54) is 12.1 Å². The molecule has 0 saturated carbocycles. The molecule has 0 atom stereocenters. The molecular formula is C20H14ClF3O2. The molecular weight excluding hydrogens is 365 g/mol. The lowest BCUT2D eigenvalue weighted by atomic mass is 10.1. The summed E-state index contributed by atoms with van der Waals surface area (Å²) in [5.41, 5.74) is -0.0963. The Bertz CT molecular complexity index is 862. The van der Waals surface area contributed by atoms with Crippen LogP contribution in [0.3, 0.4) is 0 Å². The molecule has 3 rings (SSSR count). The summed E-state index contributed by atoms with van der Waals surface area (Å²) in [6.45, 7) is 0.0899. The normalized spacial score (nSPS) is 11.2. The summed E-state index contributed by atoms with van der Waals surface area (Å²) >= 11 is 6.12. The molecule has 3 aromatic carbocycles. The number of ether oxygens (including phenoxy) is 2. The smallest absolute Gasteiger partial charge is 0.416 e. The van der Waals surface area contributed by atoms with Gasteiger partial charge in [0.25, 0.3) is 0 Å². The van der Waals surface area contributed by atoms with Gasteiger partial charge in [-0.15, -0.1) is 0 Å². The van der Waals surface area contributed by atoms with Gasteiger partial charge >= 0.3 is 6.18 Å². The molecule has 0 aliphatic carbocycles. The van der Waals surface area contributed by atoms with E-state index in [4.69, 9.17) is 21.1 Å². The van der Waals surface area contributed by atoms with E-state index in [1.54, 1.807) is 18.2 Å². The summed E-state index contributed by atoms with van der Waals surface area (Å²) < 4.78 is 49.1. The Morgan fingerprint density at radius 3 is 2.15 bits per heavy atom. The number of hydrogen-bond acceptors (Lipinski definition) is 2. The summed E-state index contributed by atoms with van der Waals surface area (Å²) in [5.74, 6) is 1.60. The first kappa shape index (κ1) is 18.1. The zero-order chi connectivity index (χ0) is 18.6. The first-order valence-corrected chi connectivity index (χ1v) is 8.11. The third-order valence-electron chi connectivity index (χ3n) is 3.56. The van der Waals surface area contributed by atoms with Crippen molar-refractivity contribution in [2.24, 2.45) is 0 Å². The second-order valence-electron chi connectivity index (χ2n) is 5.49. The van der Waals surface area contributed by atoms with Gasteiger partial charge < -0.3 is 9.47 Å². The van der Waals surface area contributed by atoms with Crippen molar-refractivity contribution in [1.29, 1.82) is 0 Å². The highest BCUT2D eigenvalue weighted by atomic mass is 35.5. The van der Waals surface area contributed by atoms with E-state index in [0.29, 0.717) is 27.8 Å². The van der Waals surface area contributed by atoms with Gasteiger partial charge in [-0.25, -0.2) is 0 Å². The minimum Gasteiger partial charge on any atom is -0.487 e. The van der Waals surface area contributed by atoms with Crippen LogP contribution in [0.2, 0.25) is 5.02 Å². The maximum Gasteiger partial charge on any atom is 0.416 e. The van der Waals surface area contributed by atoms with Gasteiger partial charge in [-0.3, -0.25) is 0 Å². The van der Waals surface area contributed by atoms with Crippen LogP contribution in [0.5, 0.6) is 17.2 Å². The minimum atomic E-state index is -4.36. The molecule has 0 bridgehead atoms. The van der Waals surface area contributed by atoms with Crippen molar-refractivity contribution in [3.63, 3.8) is 0 Å². The van der Waals surface area contributed by atoms with Crippen molar-refractivity contribution in [1.82, 2.24) is 0 Å². The summed E-state index contributed by atoms with van der Waals surface area (Å²) in [6.07, 6.45) is -4.36. The predicted molar refractivity (Wildman–Crippen MR) is 93.7 cm³/mol. The molecule has 0 aliphatic rings. The quantitative estimate of drug-likeness (QED) is 0.490. The third-order valence-corrected chi connectivity index (χ3v) is 3.87. The van der Waals surface area contributed by atoms with Crippen LogP contribution in [0.4, 0.5) is 13.2 Å². The number of rotatable bonds is 5. The van der Waals surface area contributed by atoms with Gasteiger partial charge in [-0.05, 0) is 42.0 Å². The van der Waals surface area contributed by atoms with Crippen molar-refractivity contribution in [2.45, 2.75) is 12.8 Å². The Morgan fingerprint density at radius 1 is 0.808 bits per heavy atom. The maximum atomic E-state index is 12.6. The first-order valence-electron chi connectivity index (χ1n) is 7.73. The van der Waals surface area contributed by atoms with Crippen LogP contribution in [0.15, 0.2) is 72.8 Å². The van der Waals surface area contributed by atoms with Gasteiger partial charge in [0, 0.05) is 6.07 Å². The highest BCUT2D eigenvalue weighted by Crippen LogP contribution is 2.32. The highest BCUT2D eigenvalue weighted by molar-refractivity contribution is 6.32. The Kier molecular flexibility index (Phi) is 5.38. The van der Waals surface area contributed by atoms with Crippen LogP contribution >= 0.6 is 11.6 Å². The lowest BCUT2D eigenvalue weighted by Crippen LogP contribution is -2.05. The average molecular weight is 379 g/mol. The topological polar surface area (TPSA) is 18.5 Å². The predicted octanol–water partition coefficient (Wildman–Crippen LogP) is 6.73. The van der Waals surface area contributed by atoms with Crippen molar-refractivity contribution in [3.05, 3.63) is 88.9 Å². The van der Waals surface area contributed by atoms with Crippen molar-refractivity contribution < 1.29 is 22.6 Å². The Balaban J connectivity index is 1.68. The highest BCUT2D eigenvalue weighted by Gasteiger charge is 2.29. The molecule has 2 nitrogen and oxygen atoms in total. The van der Waals surface area contributed by atoms with Crippen LogP contribution in [0.1, 0.15) is 11.1 Å². The lowest BCUT2D eigenvalue weighted by molar-refractivity contribution is -0.137. The summed E-state index contributed by atoms with van der Waals surface area (Å²) in [4.78, 5) is 0. The van der Waals surface area contributed by atoms with E-state index in [9.17, 15) is 13.2 Å². The number of para-hydroxylation sites is 1. The molecule has 0 heterocycles. The zero-order valence-corrected chi connectivity index (χ0v) is 14.2. The standard InChI is InChI=1S/C20H14ClF3O2/c21-18-11-10-17(26-16-4-2-1-3-5-16)12-19(18)25-13-14-6-8-15(9-7-14)20(22,23)24/h1-12H,13H2. The zero-order valence-electron chi connectivity index (χ0n) is 13.5. The number of hydrogen-bond donors (Lipinski definition) is 0. The summed E-state index contributed by atoms with van der Waals surface area (Å²) in [7, 11) is 0. The molecule has 134 valence electrons. The van der Waals surface area contributed by atoms with Crippen LogP contribution in [-0.4, -0.2) is 0 Å². The van der Waals surface area contributed by atoms with E-state index in [0.717, 1.165) is 12.1 Å². The second-order valence-corrected chi connectivity index (χ2v) is 5.90. The fraction of sp³-hybridized carbons (Fsp3) is 0.100. The lowest BCUT2D eigenvalue weighted by Gasteiger charge is -2.12. The first-order chi connectivity index (χ1) is 12.4. The van der Waals surface area contributed by atoms with Gasteiger partial charge in [0.1, 0.15) is 23.9 Å². The van der Waals surface area contributed by atoms with Crippen LogP contribution in [-0.2, 0) is 12.8 Å². The third kappa shape index (κ3) is 4.70. The maximum absolute atomic E-state index is 12.6. The molecule has 0 amide bonds. The molecule has 0 N–H and O–H groups in total. The summed E-state index contributed by atoms with van der Waals surface area (Å²) in [6, 6.07) is 19.0. The molecule has 26 heavy (non-hydrogen) atoms. The fourth-order valence-electron chi connectivity index (χ4n) is 2.23. The number of alkyl halides is 3. The Labute approximate surface area is 153 Å². The SMILES string of the molecule is FC(F)(F)c1ccc(COc2cc(Oc3ccccc3)ccc2Cl)cc1. The molecule has 3 aromatic rings. The van der Waals surface area contributed by atoms with E-state index in [-0.39, 0.29) is 6.61 Å². The van der Waals surface area contributed by atoms with Crippen molar-refractivity contribution in [3.8, 4) is 17.2 Å². The number of benzene rings is 3. The van der Waals surface area contributed by atoms with Crippen LogP contribution in [0, 0.1) is 0 Å². The molecule has 6 heteroatoms. The van der Waals surface area contributed by atoms with Gasteiger partial charge in [-0.2, -0.15) is 13.2 Å². The van der Waals surface area contributed by atoms with Crippen LogP contribution < -0.4 is 9.47 Å². The fourth-order valence-corrected chi connectivity index (χ4v) is 2.41. The minimum absolute atomic E-state index is 0.0899. The van der Waals surface area contributed by atoms with Crippen molar-refractivity contribution in [2.75, 3.05) is 0 Å². The second kappa shape index (κ2) is 7.70. The Hall–Kier alpha value is -2.66. The van der Waals surface area contributed by atoms with Crippen LogP contribution in [0.25, 0.3) is 0 Å². The molecule has 0 fully saturated rings. The average Bonchev–Trinajstić information content (AvgIpc) is 2.63. The van der Waals surface area contributed by atoms with E-state index in [1.807, 2.05) is 30.3 Å². The molecule has 0 radical (unpaired) electrons. The Morgan fingerprint density at radius 2 is 1.50 bits per heavy atom.